The second-order valence-corrected chi connectivity index (χ2v) is 8.98. The Balaban J connectivity index is 2.20. The van der Waals surface area contributed by atoms with Gasteiger partial charge in [0, 0.05) is 12.7 Å². The van der Waals surface area contributed by atoms with Gasteiger partial charge in [-0.3, -0.25) is 19.2 Å². The van der Waals surface area contributed by atoms with Crippen LogP contribution in [0.4, 0.5) is 4.79 Å². The molecule has 7 nitrogen and oxygen atoms in total. The van der Waals surface area contributed by atoms with Gasteiger partial charge in [-0.25, -0.2) is 9.78 Å². The van der Waals surface area contributed by atoms with Gasteiger partial charge in [0.2, 0.25) is 0 Å². The van der Waals surface area contributed by atoms with Crippen LogP contribution < -0.4 is 5.56 Å². The second-order valence-electron chi connectivity index (χ2n) is 8.57. The lowest BCUT2D eigenvalue weighted by atomic mass is 9.70. The van der Waals surface area contributed by atoms with E-state index in [0.29, 0.717) is 46.8 Å². The molecular formula is C22H23ClN4O3. The maximum absolute atomic E-state index is 13.7. The number of benzene rings is 1. The zero-order valence-corrected chi connectivity index (χ0v) is 17.8. The van der Waals surface area contributed by atoms with Crippen LogP contribution >= 0.6 is 11.6 Å². The van der Waals surface area contributed by atoms with Gasteiger partial charge in [-0.15, -0.1) is 0 Å². The molecule has 1 aliphatic heterocycles. The molecule has 0 radical (unpaired) electrons. The van der Waals surface area contributed by atoms with Gasteiger partial charge in [-0.2, -0.15) is 0 Å². The largest absolute Gasteiger partial charge is 0.465 e. The molecular weight excluding hydrogens is 404 g/mol. The number of hydrogen-bond acceptors (Lipinski definition) is 4. The lowest BCUT2D eigenvalue weighted by molar-refractivity contribution is 0.0193. The van der Waals surface area contributed by atoms with Crippen molar-refractivity contribution in [1.29, 1.82) is 0 Å². The lowest BCUT2D eigenvalue weighted by Gasteiger charge is -2.47. The molecule has 1 fully saturated rings. The molecule has 0 unspecified atom stereocenters. The van der Waals surface area contributed by atoms with Crippen molar-refractivity contribution in [3.63, 3.8) is 0 Å². The molecule has 3 heterocycles. The third-order valence-corrected chi connectivity index (χ3v) is 6.29. The van der Waals surface area contributed by atoms with Gasteiger partial charge in [0.05, 0.1) is 27.8 Å². The first-order valence-corrected chi connectivity index (χ1v) is 10.2. The highest BCUT2D eigenvalue weighted by molar-refractivity contribution is 6.35. The van der Waals surface area contributed by atoms with Crippen LogP contribution in [0.25, 0.3) is 16.6 Å². The Kier molecular flexibility index (Phi) is 4.81. The molecule has 4 rings (SSSR count). The first-order valence-electron chi connectivity index (χ1n) is 9.81. The van der Waals surface area contributed by atoms with Crippen LogP contribution in [0.15, 0.2) is 47.5 Å². The molecule has 1 amide bonds. The van der Waals surface area contributed by atoms with Crippen LogP contribution in [0, 0.1) is 5.41 Å². The van der Waals surface area contributed by atoms with E-state index in [1.807, 2.05) is 20.8 Å². The van der Waals surface area contributed by atoms with E-state index in [1.54, 1.807) is 42.7 Å². The van der Waals surface area contributed by atoms with Crippen LogP contribution in [0.5, 0.6) is 0 Å². The summed E-state index contributed by atoms with van der Waals surface area (Å²) in [5.74, 6) is 0.391. The highest BCUT2D eigenvalue weighted by Gasteiger charge is 2.56. The average molecular weight is 427 g/mol. The summed E-state index contributed by atoms with van der Waals surface area (Å²) in [7, 11) is 0. The first-order chi connectivity index (χ1) is 14.2. The minimum atomic E-state index is -1.03. The Bertz CT molecular complexity index is 1190. The number of rotatable bonds is 2. The maximum Gasteiger partial charge on any atom is 0.408 e. The summed E-state index contributed by atoms with van der Waals surface area (Å²) in [5, 5.41) is 10.6. The smallest absolute Gasteiger partial charge is 0.408 e. The molecule has 8 heteroatoms. The predicted molar refractivity (Wildman–Crippen MR) is 115 cm³/mol. The van der Waals surface area contributed by atoms with E-state index in [9.17, 15) is 14.7 Å². The summed E-state index contributed by atoms with van der Waals surface area (Å²) in [4.78, 5) is 36.4. The van der Waals surface area contributed by atoms with Crippen LogP contribution in [-0.4, -0.2) is 37.2 Å². The van der Waals surface area contributed by atoms with E-state index in [0.717, 1.165) is 0 Å². The first kappa shape index (κ1) is 20.3. The van der Waals surface area contributed by atoms with Crippen LogP contribution in [0.3, 0.4) is 0 Å². The molecule has 30 heavy (non-hydrogen) atoms. The van der Waals surface area contributed by atoms with Crippen molar-refractivity contribution in [3.05, 3.63) is 63.9 Å². The zero-order chi connectivity index (χ0) is 21.7. The van der Waals surface area contributed by atoms with E-state index < -0.39 is 17.0 Å². The Morgan fingerprint density at radius 3 is 2.63 bits per heavy atom. The predicted octanol–water partition coefficient (Wildman–Crippen LogP) is 4.45. The number of carbonyl (C=O) groups is 1. The molecule has 1 saturated heterocycles. The number of likely N-dealkylation sites (tertiary alicyclic amines) is 1. The number of halogens is 1. The number of hydrogen-bond donors (Lipinski definition) is 1. The second kappa shape index (κ2) is 7.09. The fraction of sp³-hybridized carbons (Fsp3) is 0.364. The molecule has 1 aliphatic rings. The van der Waals surface area contributed by atoms with E-state index in [4.69, 9.17) is 16.6 Å². The molecule has 0 spiro atoms. The minimum Gasteiger partial charge on any atom is -0.465 e. The molecule has 0 aliphatic carbocycles. The normalized spacial score (nSPS) is 19.4. The van der Waals surface area contributed by atoms with Crippen molar-refractivity contribution in [2.75, 3.05) is 6.54 Å². The summed E-state index contributed by atoms with van der Waals surface area (Å²) < 4.78 is 1.48. The van der Waals surface area contributed by atoms with Gasteiger partial charge in [-0.1, -0.05) is 38.4 Å². The Morgan fingerprint density at radius 2 is 2.00 bits per heavy atom. The zero-order valence-electron chi connectivity index (χ0n) is 17.1. The maximum atomic E-state index is 13.7. The highest BCUT2D eigenvalue weighted by Crippen LogP contribution is 2.51. The van der Waals surface area contributed by atoms with E-state index in [2.05, 4.69) is 4.98 Å². The molecule has 1 N–H and O–H groups in total. The summed E-state index contributed by atoms with van der Waals surface area (Å²) >= 11 is 6.36. The fourth-order valence-electron chi connectivity index (χ4n) is 4.62. The van der Waals surface area contributed by atoms with Crippen molar-refractivity contribution in [2.45, 2.75) is 39.2 Å². The summed E-state index contributed by atoms with van der Waals surface area (Å²) in [6.45, 7) is 6.33. The topological polar surface area (TPSA) is 88.3 Å². The molecule has 1 atom stereocenters. The van der Waals surface area contributed by atoms with Crippen molar-refractivity contribution in [1.82, 2.24) is 19.4 Å². The molecule has 0 bridgehead atoms. The Morgan fingerprint density at radius 1 is 1.23 bits per heavy atom. The third-order valence-electron chi connectivity index (χ3n) is 5.97. The third kappa shape index (κ3) is 2.88. The van der Waals surface area contributed by atoms with E-state index >= 15 is 0 Å². The molecule has 156 valence electrons. The fourth-order valence-corrected chi connectivity index (χ4v) is 4.87. The standard InChI is InChI=1S/C22H23ClN4O3/c1-21(2,3)22(10-6-12-26(22)20(29)30)19-25-16-9-4-8-15(23)17(16)18(28)27(19)14-7-5-11-24-13-14/h4-5,7-9,11,13H,6,10,12H2,1-3H3,(H,29,30)/t22-/m1/s1. The monoisotopic (exact) mass is 426 g/mol. The highest BCUT2D eigenvalue weighted by atomic mass is 35.5. The van der Waals surface area contributed by atoms with Gasteiger partial charge in [0.1, 0.15) is 11.4 Å². The number of amides is 1. The van der Waals surface area contributed by atoms with Gasteiger partial charge in [0.15, 0.2) is 0 Å². The summed E-state index contributed by atoms with van der Waals surface area (Å²) in [6, 6.07) is 8.62. The van der Waals surface area contributed by atoms with E-state index in [-0.39, 0.29) is 5.56 Å². The van der Waals surface area contributed by atoms with Crippen molar-refractivity contribution in [2.24, 2.45) is 5.41 Å². The molecule has 0 saturated carbocycles. The molecule has 3 aromatic rings. The van der Waals surface area contributed by atoms with Gasteiger partial charge >= 0.3 is 6.09 Å². The van der Waals surface area contributed by atoms with Gasteiger partial charge < -0.3 is 5.11 Å². The number of nitrogens with zero attached hydrogens (tertiary/aromatic N) is 4. The SMILES string of the molecule is CC(C)(C)[C@]1(c2nc3cccc(Cl)c3c(=O)n2-c2cccnc2)CCCN1C(=O)O. The molecule has 2 aromatic heterocycles. The number of aromatic nitrogens is 3. The summed E-state index contributed by atoms with van der Waals surface area (Å²) in [5.41, 5.74) is -0.896. The summed E-state index contributed by atoms with van der Waals surface area (Å²) in [6.07, 6.45) is 3.40. The lowest BCUT2D eigenvalue weighted by Crippen LogP contribution is -2.55. The number of fused-ring (bicyclic) bond motifs is 1. The number of pyridine rings is 1. The van der Waals surface area contributed by atoms with Crippen LogP contribution in [0.1, 0.15) is 39.4 Å². The average Bonchev–Trinajstić information content (AvgIpc) is 3.15. The Hall–Kier alpha value is -2.93. The van der Waals surface area contributed by atoms with Crippen molar-refractivity contribution in [3.8, 4) is 5.69 Å². The van der Waals surface area contributed by atoms with Gasteiger partial charge in [0.25, 0.3) is 5.56 Å². The van der Waals surface area contributed by atoms with Crippen LogP contribution in [-0.2, 0) is 5.54 Å². The van der Waals surface area contributed by atoms with Crippen molar-refractivity contribution < 1.29 is 9.90 Å². The molecule has 1 aromatic carbocycles. The van der Waals surface area contributed by atoms with E-state index in [1.165, 1.54) is 9.47 Å². The quantitative estimate of drug-likeness (QED) is 0.654. The minimum absolute atomic E-state index is 0.302. The Labute approximate surface area is 178 Å². The van der Waals surface area contributed by atoms with Crippen LogP contribution in [0.2, 0.25) is 5.02 Å². The number of carboxylic acid groups (broad SMARTS) is 1. The van der Waals surface area contributed by atoms with Crippen molar-refractivity contribution >= 4 is 28.6 Å². The van der Waals surface area contributed by atoms with Gasteiger partial charge in [-0.05, 0) is 42.5 Å².